The largest absolute Gasteiger partial charge is 0.477 e. The number of furan rings is 1. The molecule has 0 saturated carbocycles. The maximum absolute atomic E-state index is 11.0. The van der Waals surface area contributed by atoms with Gasteiger partial charge in [-0.15, -0.1) is 10.2 Å². The van der Waals surface area contributed by atoms with E-state index in [1.54, 1.807) is 19.1 Å². The molecule has 6 nitrogen and oxygen atoms in total. The zero-order valence-electron chi connectivity index (χ0n) is 8.78. The smallest absolute Gasteiger partial charge is 0.342 e. The molecule has 2 aromatic heterocycles. The summed E-state index contributed by atoms with van der Waals surface area (Å²) in [6, 6.07) is 3.33. The number of carbonyl (C=O) groups is 1. The van der Waals surface area contributed by atoms with E-state index in [0.717, 1.165) is 11.8 Å². The monoisotopic (exact) mass is 252 g/mol. The predicted octanol–water partition coefficient (Wildman–Crippen LogP) is 2.19. The fraction of sp³-hybridized carbons (Fsp3) is 0.100. The van der Waals surface area contributed by atoms with E-state index in [9.17, 15) is 4.79 Å². The molecular weight excluding hydrogens is 244 g/mol. The van der Waals surface area contributed by atoms with Crippen molar-refractivity contribution in [2.75, 3.05) is 0 Å². The van der Waals surface area contributed by atoms with Gasteiger partial charge in [0, 0.05) is 13.0 Å². The maximum atomic E-state index is 11.0. The van der Waals surface area contributed by atoms with Gasteiger partial charge in [-0.1, -0.05) is 0 Å². The molecule has 0 bridgehead atoms. The normalized spacial score (nSPS) is 11.7. The first-order chi connectivity index (χ1) is 8.15. The first-order valence-corrected chi connectivity index (χ1v) is 5.43. The summed E-state index contributed by atoms with van der Waals surface area (Å²) in [6.45, 7) is 1.63. The molecule has 0 amide bonds. The molecule has 2 heterocycles. The Hall–Kier alpha value is -2.02. The van der Waals surface area contributed by atoms with Crippen LogP contribution in [0.5, 0.6) is 0 Å². The van der Waals surface area contributed by atoms with Gasteiger partial charge in [-0.05, 0) is 23.9 Å². The van der Waals surface area contributed by atoms with E-state index in [0.29, 0.717) is 11.7 Å². The predicted molar refractivity (Wildman–Crippen MR) is 59.2 cm³/mol. The minimum absolute atomic E-state index is 0.0450. The second-order valence-electron chi connectivity index (χ2n) is 3.02. The van der Waals surface area contributed by atoms with Crippen LogP contribution in [-0.2, 0) is 4.79 Å². The second kappa shape index (κ2) is 4.88. The van der Waals surface area contributed by atoms with Crippen molar-refractivity contribution in [2.45, 2.75) is 12.1 Å². The van der Waals surface area contributed by atoms with Gasteiger partial charge in [0.05, 0.1) is 6.26 Å². The Labute approximate surface area is 100 Å². The summed E-state index contributed by atoms with van der Waals surface area (Å²) < 4.78 is 10.1. The van der Waals surface area contributed by atoms with Crippen LogP contribution in [0, 0.1) is 6.92 Å². The summed E-state index contributed by atoms with van der Waals surface area (Å²) in [5.41, 5.74) is 0. The van der Waals surface area contributed by atoms with E-state index in [4.69, 9.17) is 13.9 Å². The van der Waals surface area contributed by atoms with Gasteiger partial charge in [-0.3, -0.25) is 0 Å². The fourth-order valence-electron chi connectivity index (χ4n) is 1.05. The van der Waals surface area contributed by atoms with Gasteiger partial charge in [0.25, 0.3) is 5.22 Å². The maximum Gasteiger partial charge on any atom is 0.342 e. The highest BCUT2D eigenvalue weighted by Crippen LogP contribution is 2.27. The Kier molecular flexibility index (Phi) is 3.29. The number of aromatic nitrogens is 2. The van der Waals surface area contributed by atoms with Crippen LogP contribution in [0.3, 0.4) is 0 Å². The van der Waals surface area contributed by atoms with E-state index >= 15 is 0 Å². The van der Waals surface area contributed by atoms with Crippen LogP contribution >= 0.6 is 11.8 Å². The molecule has 1 N–H and O–H groups in total. The SMILES string of the molecule is Cc1nnc(S/C(=C/c2ccco2)C(=O)O)o1. The second-order valence-corrected chi connectivity index (χ2v) is 4.01. The van der Waals surface area contributed by atoms with E-state index < -0.39 is 5.97 Å². The molecule has 0 aromatic carbocycles. The molecule has 0 aliphatic heterocycles. The summed E-state index contributed by atoms with van der Waals surface area (Å²) in [5, 5.41) is 16.5. The molecule has 0 aliphatic carbocycles. The lowest BCUT2D eigenvalue weighted by molar-refractivity contribution is -0.131. The Balaban J connectivity index is 2.21. The highest BCUT2D eigenvalue weighted by molar-refractivity contribution is 8.03. The van der Waals surface area contributed by atoms with E-state index in [1.165, 1.54) is 12.3 Å². The zero-order chi connectivity index (χ0) is 12.3. The quantitative estimate of drug-likeness (QED) is 0.658. The van der Waals surface area contributed by atoms with Crippen molar-refractivity contribution in [1.29, 1.82) is 0 Å². The highest BCUT2D eigenvalue weighted by Gasteiger charge is 2.14. The van der Waals surface area contributed by atoms with Crippen LogP contribution in [-0.4, -0.2) is 21.3 Å². The van der Waals surface area contributed by atoms with Gasteiger partial charge in [-0.25, -0.2) is 4.79 Å². The zero-order valence-corrected chi connectivity index (χ0v) is 9.60. The molecule has 0 fully saturated rings. The highest BCUT2D eigenvalue weighted by atomic mass is 32.2. The number of carboxylic acids is 1. The number of nitrogens with zero attached hydrogens (tertiary/aromatic N) is 2. The van der Waals surface area contributed by atoms with Crippen LogP contribution < -0.4 is 0 Å². The Morgan fingerprint density at radius 3 is 2.88 bits per heavy atom. The first kappa shape index (κ1) is 11.5. The summed E-state index contributed by atoms with van der Waals surface area (Å²) in [6.07, 6.45) is 2.86. The average molecular weight is 252 g/mol. The number of hydrogen-bond donors (Lipinski definition) is 1. The van der Waals surface area contributed by atoms with Crippen molar-refractivity contribution < 1.29 is 18.7 Å². The van der Waals surface area contributed by atoms with Gasteiger partial charge in [0.2, 0.25) is 5.89 Å². The van der Waals surface area contributed by atoms with Crippen LogP contribution in [0.1, 0.15) is 11.7 Å². The van der Waals surface area contributed by atoms with Crippen molar-refractivity contribution in [2.24, 2.45) is 0 Å². The number of aryl methyl sites for hydroxylation is 1. The van der Waals surface area contributed by atoms with Crippen molar-refractivity contribution in [1.82, 2.24) is 10.2 Å². The van der Waals surface area contributed by atoms with Crippen LogP contribution in [0.2, 0.25) is 0 Å². The third kappa shape index (κ3) is 2.97. The number of carboxylic acid groups (broad SMARTS) is 1. The third-order valence-electron chi connectivity index (χ3n) is 1.73. The lowest BCUT2D eigenvalue weighted by Gasteiger charge is -1.96. The number of aliphatic carboxylic acids is 1. The lowest BCUT2D eigenvalue weighted by Crippen LogP contribution is -1.96. The molecule has 7 heteroatoms. The van der Waals surface area contributed by atoms with Gasteiger partial charge in [0.1, 0.15) is 10.7 Å². The van der Waals surface area contributed by atoms with E-state index in [2.05, 4.69) is 10.2 Å². The topological polar surface area (TPSA) is 89.4 Å². The molecule has 2 rings (SSSR count). The molecule has 0 unspecified atom stereocenters. The molecule has 17 heavy (non-hydrogen) atoms. The molecule has 0 atom stereocenters. The summed E-state index contributed by atoms with van der Waals surface area (Å²) in [5.74, 6) is -0.247. The molecule has 88 valence electrons. The summed E-state index contributed by atoms with van der Waals surface area (Å²) >= 11 is 0.877. The Bertz CT molecular complexity index is 544. The van der Waals surface area contributed by atoms with Crippen LogP contribution in [0.15, 0.2) is 37.4 Å². The number of rotatable bonds is 4. The van der Waals surface area contributed by atoms with Crippen molar-refractivity contribution in [3.05, 3.63) is 35.0 Å². The van der Waals surface area contributed by atoms with Gasteiger partial charge in [0.15, 0.2) is 0 Å². The number of thioether (sulfide) groups is 1. The average Bonchev–Trinajstić information content (AvgIpc) is 2.89. The van der Waals surface area contributed by atoms with Crippen molar-refractivity contribution >= 4 is 23.8 Å². The van der Waals surface area contributed by atoms with Gasteiger partial charge < -0.3 is 13.9 Å². The van der Waals surface area contributed by atoms with E-state index in [1.807, 2.05) is 0 Å². The minimum Gasteiger partial charge on any atom is -0.477 e. The van der Waals surface area contributed by atoms with E-state index in [-0.39, 0.29) is 10.1 Å². The molecular formula is C10H8N2O4S. The van der Waals surface area contributed by atoms with Crippen molar-refractivity contribution in [3.63, 3.8) is 0 Å². The lowest BCUT2D eigenvalue weighted by atomic mass is 10.4. The summed E-state index contributed by atoms with van der Waals surface area (Å²) in [7, 11) is 0. The minimum atomic E-state index is -1.08. The standard InChI is InChI=1S/C10H8N2O4S/c1-6-11-12-10(16-6)17-8(9(13)14)5-7-3-2-4-15-7/h2-5H,1H3,(H,13,14)/b8-5+. The molecule has 0 radical (unpaired) electrons. The Morgan fingerprint density at radius 2 is 2.35 bits per heavy atom. The number of hydrogen-bond acceptors (Lipinski definition) is 6. The van der Waals surface area contributed by atoms with Crippen LogP contribution in [0.4, 0.5) is 0 Å². The molecule has 0 aliphatic rings. The third-order valence-corrected chi connectivity index (χ3v) is 2.58. The van der Waals surface area contributed by atoms with Gasteiger partial charge in [-0.2, -0.15) is 0 Å². The summed E-state index contributed by atoms with van der Waals surface area (Å²) in [4.78, 5) is 11.1. The van der Waals surface area contributed by atoms with Crippen molar-refractivity contribution in [3.8, 4) is 0 Å². The molecule has 0 saturated heterocycles. The Morgan fingerprint density at radius 1 is 1.53 bits per heavy atom. The fourth-order valence-corrected chi connectivity index (χ4v) is 1.75. The van der Waals surface area contributed by atoms with Gasteiger partial charge >= 0.3 is 5.97 Å². The first-order valence-electron chi connectivity index (χ1n) is 4.61. The van der Waals surface area contributed by atoms with Crippen LogP contribution in [0.25, 0.3) is 6.08 Å². The molecule has 2 aromatic rings. The molecule has 0 spiro atoms.